The lowest BCUT2D eigenvalue weighted by molar-refractivity contribution is -0.228. The first-order valence-corrected chi connectivity index (χ1v) is 8.64. The molecule has 0 spiro atoms. The van der Waals surface area contributed by atoms with E-state index in [1.54, 1.807) is 6.07 Å². The van der Waals surface area contributed by atoms with Crippen molar-refractivity contribution in [3.8, 4) is 6.07 Å². The SMILES string of the molecule is CCC1COC([C@H]2CC[C@H](c3ccc(C#N)c(F)c3)CC2)OC1. The van der Waals surface area contributed by atoms with Gasteiger partial charge in [-0.1, -0.05) is 13.0 Å². The summed E-state index contributed by atoms with van der Waals surface area (Å²) in [6.45, 7) is 3.78. The third-order valence-corrected chi connectivity index (χ3v) is 5.31. The molecular weight excluding hydrogens is 293 g/mol. The van der Waals surface area contributed by atoms with Gasteiger partial charge in [-0.15, -0.1) is 0 Å². The Morgan fingerprint density at radius 2 is 1.87 bits per heavy atom. The third kappa shape index (κ3) is 3.73. The average molecular weight is 317 g/mol. The summed E-state index contributed by atoms with van der Waals surface area (Å²) in [5.74, 6) is 0.952. The van der Waals surface area contributed by atoms with Gasteiger partial charge in [0.1, 0.15) is 11.9 Å². The molecule has 0 radical (unpaired) electrons. The predicted molar refractivity (Wildman–Crippen MR) is 85.3 cm³/mol. The minimum atomic E-state index is -0.406. The monoisotopic (exact) mass is 317 g/mol. The molecule has 0 bridgehead atoms. The molecule has 0 amide bonds. The number of nitriles is 1. The number of hydrogen-bond donors (Lipinski definition) is 0. The zero-order valence-corrected chi connectivity index (χ0v) is 13.6. The molecule has 0 aromatic heterocycles. The fraction of sp³-hybridized carbons (Fsp3) is 0.632. The van der Waals surface area contributed by atoms with E-state index in [0.29, 0.717) is 17.8 Å². The van der Waals surface area contributed by atoms with Gasteiger partial charge < -0.3 is 9.47 Å². The molecule has 0 unspecified atom stereocenters. The van der Waals surface area contributed by atoms with Gasteiger partial charge in [0.15, 0.2) is 6.29 Å². The van der Waals surface area contributed by atoms with E-state index in [0.717, 1.165) is 50.9 Å². The lowest BCUT2D eigenvalue weighted by Crippen LogP contribution is -2.38. The van der Waals surface area contributed by atoms with Crippen molar-refractivity contribution >= 4 is 0 Å². The molecule has 2 aliphatic rings. The fourth-order valence-corrected chi connectivity index (χ4v) is 3.67. The van der Waals surface area contributed by atoms with Crippen molar-refractivity contribution < 1.29 is 13.9 Å². The summed E-state index contributed by atoms with van der Waals surface area (Å²) in [5, 5.41) is 8.82. The van der Waals surface area contributed by atoms with E-state index in [1.807, 2.05) is 12.1 Å². The molecule has 2 fully saturated rings. The Hall–Kier alpha value is -1.44. The second-order valence-corrected chi connectivity index (χ2v) is 6.77. The molecule has 1 saturated heterocycles. The quantitative estimate of drug-likeness (QED) is 0.831. The highest BCUT2D eigenvalue weighted by atomic mass is 19.1. The normalized spacial score (nSPS) is 31.5. The minimum Gasteiger partial charge on any atom is -0.352 e. The number of ether oxygens (including phenoxy) is 2. The average Bonchev–Trinajstić information content (AvgIpc) is 2.62. The topological polar surface area (TPSA) is 42.2 Å². The standard InChI is InChI=1S/C19H24FNO2/c1-2-13-11-22-19(23-12-13)15-5-3-14(4-6-15)16-7-8-17(10-21)18(20)9-16/h7-9,13-15,19H,2-6,11-12H2,1H3/t13?,14-,15-,19?. The van der Waals surface area contributed by atoms with Crippen LogP contribution in [-0.4, -0.2) is 19.5 Å². The molecule has 1 aliphatic heterocycles. The van der Waals surface area contributed by atoms with Crippen LogP contribution in [0.2, 0.25) is 0 Å². The maximum absolute atomic E-state index is 13.8. The van der Waals surface area contributed by atoms with E-state index in [9.17, 15) is 4.39 Å². The van der Waals surface area contributed by atoms with Crippen molar-refractivity contribution in [3.05, 3.63) is 35.1 Å². The van der Waals surface area contributed by atoms with Crippen LogP contribution >= 0.6 is 0 Å². The molecule has 3 nitrogen and oxygen atoms in total. The second-order valence-electron chi connectivity index (χ2n) is 6.77. The highest BCUT2D eigenvalue weighted by molar-refractivity contribution is 5.34. The summed E-state index contributed by atoms with van der Waals surface area (Å²) in [6, 6.07) is 6.89. The lowest BCUT2D eigenvalue weighted by atomic mass is 9.78. The summed E-state index contributed by atoms with van der Waals surface area (Å²) >= 11 is 0. The zero-order valence-electron chi connectivity index (χ0n) is 13.6. The first-order valence-electron chi connectivity index (χ1n) is 8.64. The first-order chi connectivity index (χ1) is 11.2. The van der Waals surface area contributed by atoms with Gasteiger partial charge in [0, 0.05) is 11.8 Å². The second kappa shape index (κ2) is 7.42. The number of rotatable bonds is 3. The van der Waals surface area contributed by atoms with Gasteiger partial charge in [-0.3, -0.25) is 0 Å². The Bertz CT molecular complexity index is 567. The van der Waals surface area contributed by atoms with Gasteiger partial charge in [-0.2, -0.15) is 5.26 Å². The molecule has 1 aliphatic carbocycles. The van der Waals surface area contributed by atoms with Crippen LogP contribution in [0.4, 0.5) is 4.39 Å². The van der Waals surface area contributed by atoms with Crippen LogP contribution in [0, 0.1) is 29.0 Å². The predicted octanol–water partition coefficient (Wildman–Crippen LogP) is 4.37. The molecule has 1 saturated carbocycles. The van der Waals surface area contributed by atoms with Crippen molar-refractivity contribution in [1.29, 1.82) is 5.26 Å². The van der Waals surface area contributed by atoms with Crippen LogP contribution < -0.4 is 0 Å². The summed E-state index contributed by atoms with van der Waals surface area (Å²) in [6.07, 6.45) is 5.19. The Morgan fingerprint density at radius 1 is 1.17 bits per heavy atom. The maximum atomic E-state index is 13.8. The highest BCUT2D eigenvalue weighted by Gasteiger charge is 2.32. The number of benzene rings is 1. The molecule has 0 N–H and O–H groups in total. The Morgan fingerprint density at radius 3 is 2.43 bits per heavy atom. The van der Waals surface area contributed by atoms with Crippen molar-refractivity contribution in [3.63, 3.8) is 0 Å². The lowest BCUT2D eigenvalue weighted by Gasteiger charge is -2.37. The number of hydrogen-bond acceptors (Lipinski definition) is 3. The number of halogens is 1. The molecule has 3 rings (SSSR count). The molecular formula is C19H24FNO2. The summed E-state index contributed by atoms with van der Waals surface area (Å²) in [7, 11) is 0. The van der Waals surface area contributed by atoms with Crippen LogP contribution in [0.3, 0.4) is 0 Å². The molecule has 124 valence electrons. The third-order valence-electron chi connectivity index (χ3n) is 5.31. The molecule has 1 aromatic rings. The maximum Gasteiger partial charge on any atom is 0.160 e. The molecule has 0 atom stereocenters. The Balaban J connectivity index is 1.54. The zero-order chi connectivity index (χ0) is 16.2. The van der Waals surface area contributed by atoms with Crippen molar-refractivity contribution in [1.82, 2.24) is 0 Å². The van der Waals surface area contributed by atoms with E-state index >= 15 is 0 Å². The summed E-state index contributed by atoms with van der Waals surface area (Å²) in [5.41, 5.74) is 1.13. The van der Waals surface area contributed by atoms with E-state index in [2.05, 4.69) is 6.92 Å². The van der Waals surface area contributed by atoms with E-state index in [1.165, 1.54) is 6.07 Å². The van der Waals surface area contributed by atoms with Crippen molar-refractivity contribution in [2.45, 2.75) is 51.2 Å². The minimum absolute atomic E-state index is 0.0588. The summed E-state index contributed by atoms with van der Waals surface area (Å²) in [4.78, 5) is 0. The van der Waals surface area contributed by atoms with E-state index < -0.39 is 5.82 Å². The number of nitrogens with zero attached hydrogens (tertiary/aromatic N) is 1. The molecule has 4 heteroatoms. The Kier molecular flexibility index (Phi) is 5.30. The van der Waals surface area contributed by atoms with E-state index in [-0.39, 0.29) is 11.9 Å². The largest absolute Gasteiger partial charge is 0.352 e. The van der Waals surface area contributed by atoms with Gasteiger partial charge in [0.25, 0.3) is 0 Å². The van der Waals surface area contributed by atoms with Crippen LogP contribution in [0.25, 0.3) is 0 Å². The smallest absolute Gasteiger partial charge is 0.160 e. The van der Waals surface area contributed by atoms with Gasteiger partial charge in [-0.05, 0) is 55.7 Å². The highest BCUT2D eigenvalue weighted by Crippen LogP contribution is 2.39. The van der Waals surface area contributed by atoms with Gasteiger partial charge in [0.2, 0.25) is 0 Å². The van der Waals surface area contributed by atoms with Crippen LogP contribution in [0.15, 0.2) is 18.2 Å². The molecule has 23 heavy (non-hydrogen) atoms. The van der Waals surface area contributed by atoms with Gasteiger partial charge >= 0.3 is 0 Å². The van der Waals surface area contributed by atoms with Crippen LogP contribution in [0.1, 0.15) is 56.1 Å². The van der Waals surface area contributed by atoms with Crippen molar-refractivity contribution in [2.75, 3.05) is 13.2 Å². The van der Waals surface area contributed by atoms with Crippen LogP contribution in [0.5, 0.6) is 0 Å². The first kappa shape index (κ1) is 16.4. The van der Waals surface area contributed by atoms with E-state index in [4.69, 9.17) is 14.7 Å². The molecule has 1 heterocycles. The Labute approximate surface area is 137 Å². The molecule has 1 aromatic carbocycles. The van der Waals surface area contributed by atoms with Gasteiger partial charge in [-0.25, -0.2) is 4.39 Å². The van der Waals surface area contributed by atoms with Gasteiger partial charge in [0.05, 0.1) is 18.8 Å². The van der Waals surface area contributed by atoms with Crippen LogP contribution in [-0.2, 0) is 9.47 Å². The fourth-order valence-electron chi connectivity index (χ4n) is 3.67. The van der Waals surface area contributed by atoms with Crippen molar-refractivity contribution in [2.24, 2.45) is 11.8 Å². The summed E-state index contributed by atoms with van der Waals surface area (Å²) < 4.78 is 25.6.